The summed E-state index contributed by atoms with van der Waals surface area (Å²) in [6.45, 7) is 3.09. The number of likely N-dealkylation sites (N-methyl/N-ethyl adjacent to an activating group) is 1. The van der Waals surface area contributed by atoms with Gasteiger partial charge in [-0.3, -0.25) is 4.90 Å². The molecule has 2 aromatic rings. The number of unbranched alkanes of at least 4 members (excludes halogenated alkanes) is 2. The molecule has 0 aliphatic carbocycles. The predicted octanol–water partition coefficient (Wildman–Crippen LogP) is 4.93. The second-order valence-corrected chi connectivity index (χ2v) is 6.39. The molecule has 2 rings (SSSR count). The van der Waals surface area contributed by atoms with Crippen LogP contribution in [0.2, 0.25) is 0 Å². The summed E-state index contributed by atoms with van der Waals surface area (Å²) in [4.78, 5) is 2.34. The second kappa shape index (κ2) is 10.6. The summed E-state index contributed by atoms with van der Waals surface area (Å²) in [5.41, 5.74) is 2.61. The number of benzene rings is 2. The Hall–Kier alpha value is -2.24. The van der Waals surface area contributed by atoms with Crippen LogP contribution in [-0.4, -0.2) is 25.1 Å². The van der Waals surface area contributed by atoms with Gasteiger partial charge in [-0.1, -0.05) is 61.7 Å². The zero-order valence-corrected chi connectivity index (χ0v) is 15.7. The van der Waals surface area contributed by atoms with Crippen molar-refractivity contribution in [2.45, 2.75) is 45.2 Å². The van der Waals surface area contributed by atoms with Crippen molar-refractivity contribution < 1.29 is 4.74 Å². The maximum atomic E-state index is 5.24. The lowest BCUT2D eigenvalue weighted by Gasteiger charge is -2.24. The summed E-state index contributed by atoms with van der Waals surface area (Å²) >= 11 is 0. The molecule has 2 heteroatoms. The van der Waals surface area contributed by atoms with Crippen molar-refractivity contribution in [1.29, 1.82) is 0 Å². The first-order valence-electron chi connectivity index (χ1n) is 9.08. The average Bonchev–Trinajstić information content (AvgIpc) is 2.65. The van der Waals surface area contributed by atoms with Crippen molar-refractivity contribution >= 4 is 0 Å². The van der Waals surface area contributed by atoms with Crippen molar-refractivity contribution in [1.82, 2.24) is 4.90 Å². The fourth-order valence-corrected chi connectivity index (χ4v) is 2.74. The van der Waals surface area contributed by atoms with Crippen LogP contribution < -0.4 is 4.74 Å². The van der Waals surface area contributed by atoms with E-state index in [1.807, 2.05) is 12.1 Å². The highest BCUT2D eigenvalue weighted by molar-refractivity contribution is 5.27. The fraction of sp³-hybridized carbons (Fsp3) is 0.391. The summed E-state index contributed by atoms with van der Waals surface area (Å²) in [7, 11) is 3.86. The fourth-order valence-electron chi connectivity index (χ4n) is 2.74. The minimum Gasteiger partial charge on any atom is -0.497 e. The van der Waals surface area contributed by atoms with Crippen LogP contribution in [0.5, 0.6) is 5.75 Å². The molecule has 0 bridgehead atoms. The summed E-state index contributed by atoms with van der Waals surface area (Å²) in [5, 5.41) is 0. The zero-order chi connectivity index (χ0) is 17.9. The van der Waals surface area contributed by atoms with E-state index < -0.39 is 0 Å². The van der Waals surface area contributed by atoms with Gasteiger partial charge in [0.1, 0.15) is 5.75 Å². The Morgan fingerprint density at radius 3 is 2.36 bits per heavy atom. The molecule has 0 saturated heterocycles. The van der Waals surface area contributed by atoms with Crippen LogP contribution in [0.3, 0.4) is 0 Å². The van der Waals surface area contributed by atoms with Crippen LogP contribution in [0.25, 0.3) is 0 Å². The standard InChI is InChI=1S/C23H29NO/c1-4-5-6-10-13-22(18-20-11-8-7-9-12-20)24(2)19-21-14-16-23(25-3)17-15-21/h7-9,11-12,14-17,22H,4-6,18-19H2,1-3H3. The number of methoxy groups -OCH3 is 1. The first kappa shape index (κ1) is 19.1. The summed E-state index contributed by atoms with van der Waals surface area (Å²) in [6.07, 6.45) is 4.30. The minimum atomic E-state index is 0.223. The van der Waals surface area contributed by atoms with Gasteiger partial charge in [-0.25, -0.2) is 0 Å². The van der Waals surface area contributed by atoms with E-state index in [0.29, 0.717) is 0 Å². The molecule has 132 valence electrons. The molecule has 25 heavy (non-hydrogen) atoms. The van der Waals surface area contributed by atoms with Gasteiger partial charge in [0.05, 0.1) is 13.2 Å². The third kappa shape index (κ3) is 6.64. The number of hydrogen-bond donors (Lipinski definition) is 0. The van der Waals surface area contributed by atoms with Crippen molar-refractivity contribution in [2.75, 3.05) is 14.2 Å². The molecule has 0 N–H and O–H groups in total. The minimum absolute atomic E-state index is 0.223. The summed E-state index contributed by atoms with van der Waals surface area (Å²) in [6, 6.07) is 19.1. The quantitative estimate of drug-likeness (QED) is 0.501. The van der Waals surface area contributed by atoms with Crippen LogP contribution in [-0.2, 0) is 13.0 Å². The molecule has 0 fully saturated rings. The van der Waals surface area contributed by atoms with E-state index in [1.165, 1.54) is 24.0 Å². The van der Waals surface area contributed by atoms with Gasteiger partial charge in [-0.15, -0.1) is 5.92 Å². The highest BCUT2D eigenvalue weighted by Crippen LogP contribution is 2.15. The van der Waals surface area contributed by atoms with Gasteiger partial charge >= 0.3 is 0 Å². The molecule has 2 aromatic carbocycles. The second-order valence-electron chi connectivity index (χ2n) is 6.39. The molecule has 2 nitrogen and oxygen atoms in total. The van der Waals surface area contributed by atoms with E-state index in [2.05, 4.69) is 73.2 Å². The monoisotopic (exact) mass is 335 g/mol. The van der Waals surface area contributed by atoms with Crippen LogP contribution in [0.15, 0.2) is 54.6 Å². The molecule has 0 radical (unpaired) electrons. The van der Waals surface area contributed by atoms with Gasteiger partial charge in [0, 0.05) is 13.0 Å². The third-order valence-corrected chi connectivity index (χ3v) is 4.32. The Balaban J connectivity index is 2.06. The van der Waals surface area contributed by atoms with E-state index in [-0.39, 0.29) is 6.04 Å². The highest BCUT2D eigenvalue weighted by Gasteiger charge is 2.13. The number of rotatable bonds is 8. The molecule has 0 heterocycles. The lowest BCUT2D eigenvalue weighted by Crippen LogP contribution is -2.32. The summed E-state index contributed by atoms with van der Waals surface area (Å²) in [5.74, 6) is 7.77. The van der Waals surface area contributed by atoms with E-state index >= 15 is 0 Å². The molecular formula is C23H29NO. The molecule has 0 saturated carbocycles. The van der Waals surface area contributed by atoms with Crippen molar-refractivity contribution in [3.63, 3.8) is 0 Å². The topological polar surface area (TPSA) is 12.5 Å². The van der Waals surface area contributed by atoms with E-state index in [4.69, 9.17) is 4.74 Å². The lowest BCUT2D eigenvalue weighted by atomic mass is 10.0. The molecule has 0 spiro atoms. The van der Waals surface area contributed by atoms with Crippen molar-refractivity contribution in [3.05, 3.63) is 65.7 Å². The van der Waals surface area contributed by atoms with Gasteiger partial charge in [-0.2, -0.15) is 0 Å². The largest absolute Gasteiger partial charge is 0.497 e. The van der Waals surface area contributed by atoms with Gasteiger partial charge in [0.25, 0.3) is 0 Å². The molecule has 1 atom stereocenters. The third-order valence-electron chi connectivity index (χ3n) is 4.32. The van der Waals surface area contributed by atoms with E-state index in [1.54, 1.807) is 7.11 Å². The Labute approximate surface area is 152 Å². The van der Waals surface area contributed by atoms with Crippen LogP contribution in [0, 0.1) is 11.8 Å². The molecule has 0 aromatic heterocycles. The first-order chi connectivity index (χ1) is 12.2. The Morgan fingerprint density at radius 1 is 1.00 bits per heavy atom. The Bertz CT molecular complexity index is 667. The summed E-state index contributed by atoms with van der Waals surface area (Å²) < 4.78 is 5.24. The molecule has 0 amide bonds. The number of hydrogen-bond acceptors (Lipinski definition) is 2. The van der Waals surface area contributed by atoms with Crippen molar-refractivity contribution in [2.24, 2.45) is 0 Å². The van der Waals surface area contributed by atoms with Crippen molar-refractivity contribution in [3.8, 4) is 17.6 Å². The molecule has 1 unspecified atom stereocenters. The lowest BCUT2D eigenvalue weighted by molar-refractivity contribution is 0.279. The van der Waals surface area contributed by atoms with Crippen LogP contribution in [0.1, 0.15) is 37.3 Å². The smallest absolute Gasteiger partial charge is 0.118 e. The van der Waals surface area contributed by atoms with Crippen LogP contribution >= 0.6 is 0 Å². The number of nitrogens with zero attached hydrogens (tertiary/aromatic N) is 1. The van der Waals surface area contributed by atoms with E-state index in [9.17, 15) is 0 Å². The SMILES string of the molecule is CCCCC#CC(Cc1ccccc1)N(C)Cc1ccc(OC)cc1. The average molecular weight is 335 g/mol. The van der Waals surface area contributed by atoms with Crippen LogP contribution in [0.4, 0.5) is 0 Å². The maximum absolute atomic E-state index is 5.24. The zero-order valence-electron chi connectivity index (χ0n) is 15.7. The Morgan fingerprint density at radius 2 is 1.72 bits per heavy atom. The first-order valence-corrected chi connectivity index (χ1v) is 9.08. The number of ether oxygens (including phenoxy) is 1. The Kier molecular flexibility index (Phi) is 8.09. The molecule has 0 aliphatic heterocycles. The van der Waals surface area contributed by atoms with Gasteiger partial charge in [0.15, 0.2) is 0 Å². The van der Waals surface area contributed by atoms with E-state index in [0.717, 1.165) is 25.1 Å². The van der Waals surface area contributed by atoms with Gasteiger partial charge in [-0.05, 0) is 43.1 Å². The highest BCUT2D eigenvalue weighted by atomic mass is 16.5. The normalized spacial score (nSPS) is 11.7. The van der Waals surface area contributed by atoms with Gasteiger partial charge in [0.2, 0.25) is 0 Å². The predicted molar refractivity (Wildman–Crippen MR) is 106 cm³/mol. The van der Waals surface area contributed by atoms with Gasteiger partial charge < -0.3 is 4.74 Å². The maximum Gasteiger partial charge on any atom is 0.118 e. The molecular weight excluding hydrogens is 306 g/mol. The molecule has 0 aliphatic rings.